The summed E-state index contributed by atoms with van der Waals surface area (Å²) in [5, 5.41) is 9.24. The van der Waals surface area contributed by atoms with E-state index in [1.165, 1.54) is 4.90 Å². The third-order valence-corrected chi connectivity index (χ3v) is 4.62. The number of hydrogen-bond donors (Lipinski definition) is 1. The molecule has 1 aliphatic heterocycles. The molecule has 1 atom stereocenters. The highest BCUT2D eigenvalue weighted by Crippen LogP contribution is 2.32. The number of benzene rings is 1. The molecule has 1 saturated carbocycles. The van der Waals surface area contributed by atoms with E-state index in [4.69, 9.17) is 0 Å². The van der Waals surface area contributed by atoms with Gasteiger partial charge < -0.3 is 14.9 Å². The maximum absolute atomic E-state index is 12.8. The van der Waals surface area contributed by atoms with Crippen molar-refractivity contribution in [2.24, 2.45) is 0 Å². The Morgan fingerprint density at radius 1 is 1.30 bits per heavy atom. The molecule has 2 aliphatic rings. The van der Waals surface area contributed by atoms with Crippen LogP contribution in [-0.4, -0.2) is 46.9 Å². The molecular formula is C17H20N2O4. The number of aliphatic carboxylic acids is 1. The van der Waals surface area contributed by atoms with Crippen molar-refractivity contribution in [2.45, 2.75) is 44.7 Å². The summed E-state index contributed by atoms with van der Waals surface area (Å²) in [6.45, 7) is 1.55. The van der Waals surface area contributed by atoms with Crippen molar-refractivity contribution in [1.82, 2.24) is 4.90 Å². The molecule has 23 heavy (non-hydrogen) atoms. The van der Waals surface area contributed by atoms with Gasteiger partial charge in [-0.2, -0.15) is 0 Å². The molecule has 0 aromatic heterocycles. The smallest absolute Gasteiger partial charge is 0.326 e. The van der Waals surface area contributed by atoms with Crippen molar-refractivity contribution in [3.8, 4) is 0 Å². The molecule has 1 fully saturated rings. The lowest BCUT2D eigenvalue weighted by Gasteiger charge is -2.29. The van der Waals surface area contributed by atoms with E-state index >= 15 is 0 Å². The fraction of sp³-hybridized carbons (Fsp3) is 0.471. The van der Waals surface area contributed by atoms with Gasteiger partial charge in [0, 0.05) is 30.8 Å². The Morgan fingerprint density at radius 3 is 2.61 bits per heavy atom. The highest BCUT2D eigenvalue weighted by Gasteiger charge is 2.39. The first kappa shape index (κ1) is 15.5. The van der Waals surface area contributed by atoms with Crippen LogP contribution in [0, 0.1) is 0 Å². The molecule has 0 radical (unpaired) electrons. The van der Waals surface area contributed by atoms with Gasteiger partial charge in [0.25, 0.3) is 5.91 Å². The highest BCUT2D eigenvalue weighted by molar-refractivity contribution is 6.00. The van der Waals surface area contributed by atoms with E-state index in [2.05, 4.69) is 0 Å². The second-order valence-electron chi connectivity index (χ2n) is 6.25. The number of amides is 2. The lowest BCUT2D eigenvalue weighted by atomic mass is 9.98. The number of carbonyl (C=O) groups is 3. The van der Waals surface area contributed by atoms with Crippen molar-refractivity contribution in [3.63, 3.8) is 0 Å². The predicted molar refractivity (Wildman–Crippen MR) is 84.5 cm³/mol. The molecule has 2 amide bonds. The van der Waals surface area contributed by atoms with Crippen LogP contribution in [0.5, 0.6) is 0 Å². The van der Waals surface area contributed by atoms with Crippen LogP contribution >= 0.6 is 0 Å². The summed E-state index contributed by atoms with van der Waals surface area (Å²) in [4.78, 5) is 38.9. The van der Waals surface area contributed by atoms with Gasteiger partial charge in [-0.25, -0.2) is 4.79 Å². The van der Waals surface area contributed by atoms with E-state index < -0.39 is 12.0 Å². The van der Waals surface area contributed by atoms with Gasteiger partial charge in [0.05, 0.1) is 0 Å². The molecule has 1 aliphatic carbocycles. The zero-order valence-electron chi connectivity index (χ0n) is 13.3. The molecule has 1 aromatic carbocycles. The Morgan fingerprint density at radius 2 is 2.00 bits per heavy atom. The van der Waals surface area contributed by atoms with Crippen LogP contribution in [0.15, 0.2) is 18.2 Å². The lowest BCUT2D eigenvalue weighted by molar-refractivity contribution is -0.141. The fourth-order valence-corrected chi connectivity index (χ4v) is 3.07. The second kappa shape index (κ2) is 5.68. The fourth-order valence-electron chi connectivity index (χ4n) is 3.07. The maximum atomic E-state index is 12.8. The first-order valence-corrected chi connectivity index (χ1v) is 7.85. The molecule has 122 valence electrons. The Labute approximate surface area is 134 Å². The lowest BCUT2D eigenvalue weighted by Crippen LogP contribution is -2.44. The predicted octanol–water partition coefficient (Wildman–Crippen LogP) is 1.67. The van der Waals surface area contributed by atoms with Gasteiger partial charge >= 0.3 is 5.97 Å². The van der Waals surface area contributed by atoms with Crippen LogP contribution < -0.4 is 4.90 Å². The SMILES string of the molecule is CC(C(=O)O)N(C(=O)c1ccc2c(c1)CCC(=O)N2C)C1CC1. The van der Waals surface area contributed by atoms with E-state index in [0.717, 1.165) is 24.1 Å². The molecular weight excluding hydrogens is 296 g/mol. The van der Waals surface area contributed by atoms with Gasteiger partial charge in [0.1, 0.15) is 6.04 Å². The zero-order valence-corrected chi connectivity index (χ0v) is 13.3. The van der Waals surface area contributed by atoms with Crippen LogP contribution in [-0.2, 0) is 16.0 Å². The summed E-state index contributed by atoms with van der Waals surface area (Å²) >= 11 is 0. The summed E-state index contributed by atoms with van der Waals surface area (Å²) in [6.07, 6.45) is 2.74. The number of carbonyl (C=O) groups excluding carboxylic acids is 2. The van der Waals surface area contributed by atoms with E-state index in [0.29, 0.717) is 18.4 Å². The largest absolute Gasteiger partial charge is 0.480 e. The summed E-state index contributed by atoms with van der Waals surface area (Å²) in [5.74, 6) is -1.17. The second-order valence-corrected chi connectivity index (χ2v) is 6.25. The number of carboxylic acid groups (broad SMARTS) is 1. The average Bonchev–Trinajstić information content (AvgIpc) is 3.35. The molecule has 6 nitrogen and oxygen atoms in total. The topological polar surface area (TPSA) is 77.9 Å². The quantitative estimate of drug-likeness (QED) is 0.916. The Hall–Kier alpha value is -2.37. The van der Waals surface area contributed by atoms with Gasteiger partial charge in [0.2, 0.25) is 5.91 Å². The Balaban J connectivity index is 1.90. The molecule has 1 N–H and O–H groups in total. The standard InChI is InChI=1S/C17H20N2O4/c1-10(17(22)23)19(13-5-6-13)16(21)12-3-7-14-11(9-12)4-8-15(20)18(14)2/h3,7,9-10,13H,4-6,8H2,1-2H3,(H,22,23). The number of aryl methyl sites for hydroxylation is 1. The summed E-state index contributed by atoms with van der Waals surface area (Å²) < 4.78 is 0. The maximum Gasteiger partial charge on any atom is 0.326 e. The number of hydrogen-bond acceptors (Lipinski definition) is 3. The zero-order chi connectivity index (χ0) is 16.7. The van der Waals surface area contributed by atoms with Gasteiger partial charge in [-0.05, 0) is 49.9 Å². The third-order valence-electron chi connectivity index (χ3n) is 4.62. The summed E-state index contributed by atoms with van der Waals surface area (Å²) in [5.41, 5.74) is 2.27. The van der Waals surface area contributed by atoms with Gasteiger partial charge in [-0.3, -0.25) is 9.59 Å². The van der Waals surface area contributed by atoms with E-state index in [1.54, 1.807) is 37.1 Å². The Kier molecular flexibility index (Phi) is 3.83. The third kappa shape index (κ3) is 2.81. The van der Waals surface area contributed by atoms with Crippen LogP contribution in [0.25, 0.3) is 0 Å². The summed E-state index contributed by atoms with van der Waals surface area (Å²) in [6, 6.07) is 4.44. The van der Waals surface area contributed by atoms with Gasteiger partial charge in [-0.1, -0.05) is 0 Å². The number of anilines is 1. The van der Waals surface area contributed by atoms with Crippen molar-refractivity contribution in [2.75, 3.05) is 11.9 Å². The normalized spacial score (nSPS) is 18.3. The van der Waals surface area contributed by atoms with Crippen molar-refractivity contribution in [3.05, 3.63) is 29.3 Å². The molecule has 0 bridgehead atoms. The molecule has 0 saturated heterocycles. The minimum absolute atomic E-state index is 0.0221. The van der Waals surface area contributed by atoms with Gasteiger partial charge in [-0.15, -0.1) is 0 Å². The first-order chi connectivity index (χ1) is 10.9. The first-order valence-electron chi connectivity index (χ1n) is 7.85. The number of fused-ring (bicyclic) bond motifs is 1. The van der Waals surface area contributed by atoms with Crippen LogP contribution in [0.4, 0.5) is 5.69 Å². The number of rotatable bonds is 4. The van der Waals surface area contributed by atoms with Gasteiger partial charge in [0.15, 0.2) is 0 Å². The molecule has 1 aromatic rings. The molecule has 1 unspecified atom stereocenters. The minimum atomic E-state index is -0.992. The molecule has 6 heteroatoms. The molecule has 0 spiro atoms. The summed E-state index contributed by atoms with van der Waals surface area (Å²) in [7, 11) is 1.73. The van der Waals surface area contributed by atoms with Crippen LogP contribution in [0.1, 0.15) is 42.1 Å². The monoisotopic (exact) mass is 316 g/mol. The van der Waals surface area contributed by atoms with E-state index in [1.807, 2.05) is 0 Å². The number of nitrogens with zero attached hydrogens (tertiary/aromatic N) is 2. The Bertz CT molecular complexity index is 681. The number of carboxylic acids is 1. The minimum Gasteiger partial charge on any atom is -0.480 e. The van der Waals surface area contributed by atoms with Crippen molar-refractivity contribution < 1.29 is 19.5 Å². The van der Waals surface area contributed by atoms with Crippen molar-refractivity contribution in [1.29, 1.82) is 0 Å². The van der Waals surface area contributed by atoms with Crippen LogP contribution in [0.3, 0.4) is 0 Å². The van der Waals surface area contributed by atoms with Crippen LogP contribution in [0.2, 0.25) is 0 Å². The van der Waals surface area contributed by atoms with E-state index in [-0.39, 0.29) is 17.9 Å². The molecule has 1 heterocycles. The van der Waals surface area contributed by atoms with Crippen molar-refractivity contribution >= 4 is 23.5 Å². The van der Waals surface area contributed by atoms with E-state index in [9.17, 15) is 19.5 Å². The molecule has 3 rings (SSSR count). The average molecular weight is 316 g/mol. The highest BCUT2D eigenvalue weighted by atomic mass is 16.4.